The molecule has 0 spiro atoms. The number of aliphatic hydroxyl groups excluding tert-OH is 1. The number of aryl methyl sites for hydroxylation is 1. The maximum Gasteiger partial charge on any atom is 0.231 e. The van der Waals surface area contributed by atoms with Crippen molar-refractivity contribution in [3.8, 4) is 17.2 Å². The molecule has 2 aromatic rings. The number of benzene rings is 2. The van der Waals surface area contributed by atoms with E-state index in [0.717, 1.165) is 5.56 Å². The van der Waals surface area contributed by atoms with E-state index >= 15 is 0 Å². The summed E-state index contributed by atoms with van der Waals surface area (Å²) in [4.78, 5) is 12.0. The van der Waals surface area contributed by atoms with Crippen molar-refractivity contribution in [3.63, 3.8) is 0 Å². The Morgan fingerprint density at radius 1 is 1.22 bits per heavy atom. The first kappa shape index (κ1) is 19.6. The second-order valence-corrected chi connectivity index (χ2v) is 6.79. The van der Waals surface area contributed by atoms with Crippen molar-refractivity contribution in [2.45, 2.75) is 18.9 Å². The fraction of sp³-hybridized carbons (Fsp3) is 0.316. The predicted molar refractivity (Wildman–Crippen MR) is 102 cm³/mol. The second kappa shape index (κ2) is 9.17. The molecule has 0 radical (unpaired) electrons. The van der Waals surface area contributed by atoms with Gasteiger partial charge in [-0.05, 0) is 36.2 Å². The van der Waals surface area contributed by atoms with Crippen LogP contribution in [-0.4, -0.2) is 37.1 Å². The zero-order valence-electron chi connectivity index (χ0n) is 14.4. The SMILES string of the molecule is O=C(CCc1ccc2c(c1)OCO2)NCC(O)COc1cccc(Cl)c1Cl. The van der Waals surface area contributed by atoms with Gasteiger partial charge < -0.3 is 24.6 Å². The molecule has 3 rings (SSSR count). The predicted octanol–water partition coefficient (Wildman–Crippen LogP) is 3.21. The summed E-state index contributed by atoms with van der Waals surface area (Å²) in [6, 6.07) is 10.6. The molecule has 1 aliphatic heterocycles. The number of halogens is 2. The highest BCUT2D eigenvalue weighted by Gasteiger charge is 2.14. The standard InChI is InChI=1S/C19H19Cl2NO5/c20-14-2-1-3-16(19(14)21)25-10-13(23)9-22-18(24)7-5-12-4-6-15-17(8-12)27-11-26-15/h1-4,6,8,13,23H,5,7,9-11H2,(H,22,24). The third-order valence-electron chi connectivity index (χ3n) is 3.96. The number of ether oxygens (including phenoxy) is 3. The van der Waals surface area contributed by atoms with Gasteiger partial charge in [-0.1, -0.05) is 35.3 Å². The number of hydrogen-bond acceptors (Lipinski definition) is 5. The molecule has 1 amide bonds. The minimum atomic E-state index is -0.866. The molecule has 27 heavy (non-hydrogen) atoms. The molecule has 1 aliphatic rings. The van der Waals surface area contributed by atoms with Gasteiger partial charge in [-0.15, -0.1) is 0 Å². The number of hydrogen-bond donors (Lipinski definition) is 2. The van der Waals surface area contributed by atoms with E-state index in [-0.39, 0.29) is 25.9 Å². The van der Waals surface area contributed by atoms with Crippen molar-refractivity contribution in [2.24, 2.45) is 0 Å². The van der Waals surface area contributed by atoms with Gasteiger partial charge in [0.25, 0.3) is 0 Å². The molecule has 0 saturated heterocycles. The van der Waals surface area contributed by atoms with Crippen LogP contribution in [0.5, 0.6) is 17.2 Å². The van der Waals surface area contributed by atoms with Crippen LogP contribution in [0.3, 0.4) is 0 Å². The Morgan fingerprint density at radius 3 is 2.89 bits per heavy atom. The largest absolute Gasteiger partial charge is 0.489 e. The monoisotopic (exact) mass is 411 g/mol. The summed E-state index contributed by atoms with van der Waals surface area (Å²) >= 11 is 11.9. The van der Waals surface area contributed by atoms with Gasteiger partial charge in [0.05, 0.1) is 5.02 Å². The van der Waals surface area contributed by atoms with E-state index in [2.05, 4.69) is 5.32 Å². The third kappa shape index (κ3) is 5.42. The smallest absolute Gasteiger partial charge is 0.231 e. The number of aliphatic hydroxyl groups is 1. The summed E-state index contributed by atoms with van der Waals surface area (Å²) in [5.41, 5.74) is 0.980. The molecular formula is C19H19Cl2NO5. The molecular weight excluding hydrogens is 393 g/mol. The topological polar surface area (TPSA) is 77.0 Å². The van der Waals surface area contributed by atoms with Crippen LogP contribution in [0.25, 0.3) is 0 Å². The summed E-state index contributed by atoms with van der Waals surface area (Å²) in [5.74, 6) is 1.64. The molecule has 2 aromatic carbocycles. The fourth-order valence-electron chi connectivity index (χ4n) is 2.51. The summed E-state index contributed by atoms with van der Waals surface area (Å²) in [5, 5.41) is 13.3. The van der Waals surface area contributed by atoms with E-state index in [9.17, 15) is 9.90 Å². The minimum Gasteiger partial charge on any atom is -0.489 e. The van der Waals surface area contributed by atoms with Crippen molar-refractivity contribution < 1.29 is 24.1 Å². The molecule has 6 nitrogen and oxygen atoms in total. The number of carbonyl (C=O) groups is 1. The van der Waals surface area contributed by atoms with Gasteiger partial charge in [0.15, 0.2) is 11.5 Å². The Kier molecular flexibility index (Phi) is 6.66. The summed E-state index contributed by atoms with van der Waals surface area (Å²) in [7, 11) is 0. The van der Waals surface area contributed by atoms with Crippen LogP contribution in [0.15, 0.2) is 36.4 Å². The zero-order valence-corrected chi connectivity index (χ0v) is 15.9. The van der Waals surface area contributed by atoms with Gasteiger partial charge in [-0.25, -0.2) is 0 Å². The highest BCUT2D eigenvalue weighted by atomic mass is 35.5. The average molecular weight is 412 g/mol. The number of amides is 1. The Bertz CT molecular complexity index is 815. The van der Waals surface area contributed by atoms with Gasteiger partial charge in [0.1, 0.15) is 23.5 Å². The molecule has 2 N–H and O–H groups in total. The maximum atomic E-state index is 12.0. The third-order valence-corrected chi connectivity index (χ3v) is 4.76. The van der Waals surface area contributed by atoms with E-state index in [1.54, 1.807) is 18.2 Å². The van der Waals surface area contributed by atoms with Crippen molar-refractivity contribution in [3.05, 3.63) is 52.0 Å². The van der Waals surface area contributed by atoms with Gasteiger partial charge in [0, 0.05) is 13.0 Å². The molecule has 1 heterocycles. The van der Waals surface area contributed by atoms with E-state index < -0.39 is 6.10 Å². The van der Waals surface area contributed by atoms with Crippen LogP contribution in [0.1, 0.15) is 12.0 Å². The molecule has 0 aliphatic carbocycles. The van der Waals surface area contributed by atoms with Crippen molar-refractivity contribution in [1.29, 1.82) is 0 Å². The quantitative estimate of drug-likeness (QED) is 0.697. The van der Waals surface area contributed by atoms with Crippen molar-refractivity contribution >= 4 is 29.1 Å². The molecule has 0 fully saturated rings. The van der Waals surface area contributed by atoms with Gasteiger partial charge >= 0.3 is 0 Å². The highest BCUT2D eigenvalue weighted by molar-refractivity contribution is 6.42. The number of carbonyl (C=O) groups excluding carboxylic acids is 1. The van der Waals surface area contributed by atoms with Gasteiger partial charge in [-0.3, -0.25) is 4.79 Å². The zero-order chi connectivity index (χ0) is 19.2. The van der Waals surface area contributed by atoms with Crippen molar-refractivity contribution in [1.82, 2.24) is 5.32 Å². The minimum absolute atomic E-state index is 0.0114. The van der Waals surface area contributed by atoms with Gasteiger partial charge in [0.2, 0.25) is 12.7 Å². The van der Waals surface area contributed by atoms with Crippen LogP contribution in [0, 0.1) is 0 Å². The summed E-state index contributed by atoms with van der Waals surface area (Å²) in [6.07, 6.45) is -0.00453. The first-order valence-electron chi connectivity index (χ1n) is 8.43. The average Bonchev–Trinajstić information content (AvgIpc) is 3.13. The molecule has 0 aromatic heterocycles. The lowest BCUT2D eigenvalue weighted by atomic mass is 10.1. The fourth-order valence-corrected chi connectivity index (χ4v) is 2.86. The van der Waals surface area contributed by atoms with E-state index in [1.807, 2.05) is 18.2 Å². The lowest BCUT2D eigenvalue weighted by Gasteiger charge is -2.14. The Morgan fingerprint density at radius 2 is 2.04 bits per heavy atom. The summed E-state index contributed by atoms with van der Waals surface area (Å²) < 4.78 is 16.0. The van der Waals surface area contributed by atoms with Gasteiger partial charge in [-0.2, -0.15) is 0 Å². The molecule has 8 heteroatoms. The van der Waals surface area contributed by atoms with Crippen LogP contribution in [-0.2, 0) is 11.2 Å². The normalized spacial score (nSPS) is 13.3. The molecule has 1 unspecified atom stereocenters. The number of fused-ring (bicyclic) bond motifs is 1. The number of nitrogens with one attached hydrogen (secondary N) is 1. The van der Waals surface area contributed by atoms with Crippen LogP contribution < -0.4 is 19.5 Å². The van der Waals surface area contributed by atoms with Crippen LogP contribution in [0.2, 0.25) is 10.0 Å². The molecule has 0 bridgehead atoms. The second-order valence-electron chi connectivity index (χ2n) is 6.01. The molecule has 0 saturated carbocycles. The molecule has 144 valence electrons. The Hall–Kier alpha value is -2.15. The Labute approximate surface area is 166 Å². The van der Waals surface area contributed by atoms with Crippen LogP contribution >= 0.6 is 23.2 Å². The lowest BCUT2D eigenvalue weighted by molar-refractivity contribution is -0.121. The first-order chi connectivity index (χ1) is 13.0. The van der Waals surface area contributed by atoms with E-state index in [0.29, 0.717) is 40.1 Å². The lowest BCUT2D eigenvalue weighted by Crippen LogP contribution is -2.35. The summed E-state index contributed by atoms with van der Waals surface area (Å²) in [6.45, 7) is 0.292. The molecule has 1 atom stereocenters. The number of rotatable bonds is 8. The van der Waals surface area contributed by atoms with E-state index in [1.165, 1.54) is 0 Å². The first-order valence-corrected chi connectivity index (χ1v) is 9.18. The van der Waals surface area contributed by atoms with E-state index in [4.69, 9.17) is 37.4 Å². The maximum absolute atomic E-state index is 12.0. The van der Waals surface area contributed by atoms with Crippen molar-refractivity contribution in [2.75, 3.05) is 19.9 Å². The Balaban J connectivity index is 1.38. The highest BCUT2D eigenvalue weighted by Crippen LogP contribution is 2.33. The van der Waals surface area contributed by atoms with Crippen LogP contribution in [0.4, 0.5) is 0 Å².